The van der Waals surface area contributed by atoms with E-state index in [1.54, 1.807) is 0 Å². The van der Waals surface area contributed by atoms with Gasteiger partial charge in [-0.3, -0.25) is 18.9 Å². The summed E-state index contributed by atoms with van der Waals surface area (Å²) in [7, 11) is -5.01. The van der Waals surface area contributed by atoms with Gasteiger partial charge in [-0.2, -0.15) is 0 Å². The number of phosphoric ester groups is 1. The molecule has 0 aliphatic heterocycles. The predicted octanol–water partition coefficient (Wildman–Crippen LogP) is 2.26. The fourth-order valence-corrected chi connectivity index (χ4v) is 3.24. The minimum Gasteiger partial charge on any atom is -0.432 e. The van der Waals surface area contributed by atoms with E-state index >= 15 is 4.39 Å². The highest BCUT2D eigenvalue weighted by Crippen LogP contribution is 2.50. The van der Waals surface area contributed by atoms with E-state index in [2.05, 4.69) is 18.9 Å². The molecule has 3 atom stereocenters. The third kappa shape index (κ3) is 12.2. The van der Waals surface area contributed by atoms with Crippen molar-refractivity contribution in [3.63, 3.8) is 0 Å². The summed E-state index contributed by atoms with van der Waals surface area (Å²) in [6, 6.07) is 0.854. The van der Waals surface area contributed by atoms with Crippen molar-refractivity contribution in [1.82, 2.24) is 9.55 Å². The first-order valence-electron chi connectivity index (χ1n) is 11.2. The second-order valence-corrected chi connectivity index (χ2v) is 9.68. The van der Waals surface area contributed by atoms with Crippen LogP contribution < -0.4 is 11.2 Å². The molecular formula is C20H31F2N2O14P. The van der Waals surface area contributed by atoms with Gasteiger partial charge in [0.2, 0.25) is 13.6 Å². The van der Waals surface area contributed by atoms with E-state index in [-0.39, 0.29) is 0 Å². The Morgan fingerprint density at radius 3 is 1.95 bits per heavy atom. The summed E-state index contributed by atoms with van der Waals surface area (Å²) in [6.45, 7) is 1.82. The first kappa shape index (κ1) is 34.1. The maximum absolute atomic E-state index is 15.5. The molecule has 0 saturated carbocycles. The van der Waals surface area contributed by atoms with Gasteiger partial charge in [0, 0.05) is 12.3 Å². The first-order chi connectivity index (χ1) is 18.1. The SMILES string of the molecule is CC(C)OC(=O)OCOP(=O)(OCOC(=O)OC(C)C)OC[C@@](F)(O[C@H](CO)n1ccc(=O)[nH]c1=O)[C@H](C)F. The van der Waals surface area contributed by atoms with Crippen LogP contribution in [0.25, 0.3) is 0 Å². The van der Waals surface area contributed by atoms with Gasteiger partial charge in [-0.25, -0.2) is 36.8 Å². The summed E-state index contributed by atoms with van der Waals surface area (Å²) in [4.78, 5) is 48.1. The maximum atomic E-state index is 15.5. The molecule has 0 amide bonds. The van der Waals surface area contributed by atoms with Gasteiger partial charge in [0.15, 0.2) is 12.4 Å². The smallest absolute Gasteiger partial charge is 0.432 e. The number of nitrogens with zero attached hydrogens (tertiary/aromatic N) is 1. The highest BCUT2D eigenvalue weighted by atomic mass is 31.2. The van der Waals surface area contributed by atoms with Crippen LogP contribution in [0.3, 0.4) is 0 Å². The quantitative estimate of drug-likeness (QED) is 0.161. The lowest BCUT2D eigenvalue weighted by molar-refractivity contribution is -0.253. The number of hydrogen-bond acceptors (Lipinski definition) is 14. The van der Waals surface area contributed by atoms with Gasteiger partial charge in [0.05, 0.1) is 18.8 Å². The fraction of sp³-hybridized carbons (Fsp3) is 0.700. The Bertz CT molecular complexity index is 1060. The molecule has 224 valence electrons. The highest BCUT2D eigenvalue weighted by molar-refractivity contribution is 7.48. The number of alkyl halides is 2. The van der Waals surface area contributed by atoms with Gasteiger partial charge in [0.25, 0.3) is 11.4 Å². The van der Waals surface area contributed by atoms with E-state index in [9.17, 15) is 33.2 Å². The molecule has 0 saturated heterocycles. The standard InChI is InChI=1S/C20H31F2N2O14P/c1-12(2)36-18(28)31-10-34-39(30,35-11-32-19(29)37-13(3)4)33-9-20(22,14(5)21)38-16(8-25)24-7-6-15(26)23-17(24)27/h6-7,12-14,16,25H,8-11H2,1-5H3,(H,23,26,27)/t14-,16+,20+/m0/s1. The Hall–Kier alpha value is -2.89. The van der Waals surface area contributed by atoms with Crippen molar-refractivity contribution in [1.29, 1.82) is 0 Å². The molecule has 19 heteroatoms. The predicted molar refractivity (Wildman–Crippen MR) is 124 cm³/mol. The van der Waals surface area contributed by atoms with Gasteiger partial charge in [-0.1, -0.05) is 0 Å². The van der Waals surface area contributed by atoms with Crippen molar-refractivity contribution in [2.45, 2.75) is 65.1 Å². The lowest BCUT2D eigenvalue weighted by Gasteiger charge is -2.31. The molecule has 0 aliphatic carbocycles. The van der Waals surface area contributed by atoms with Crippen LogP contribution in [0.5, 0.6) is 0 Å². The van der Waals surface area contributed by atoms with E-state index in [0.29, 0.717) is 11.5 Å². The van der Waals surface area contributed by atoms with Crippen molar-refractivity contribution in [2.24, 2.45) is 0 Å². The number of carbonyl (C=O) groups is 2. The number of H-pyrrole nitrogens is 1. The largest absolute Gasteiger partial charge is 0.510 e. The second-order valence-electron chi connectivity index (χ2n) is 8.01. The monoisotopic (exact) mass is 592 g/mol. The summed E-state index contributed by atoms with van der Waals surface area (Å²) in [5.41, 5.74) is -1.93. The highest BCUT2D eigenvalue weighted by Gasteiger charge is 2.45. The van der Waals surface area contributed by atoms with Crippen molar-refractivity contribution in [2.75, 3.05) is 26.8 Å². The molecule has 0 spiro atoms. The van der Waals surface area contributed by atoms with Gasteiger partial charge in [0.1, 0.15) is 6.61 Å². The minimum atomic E-state index is -5.01. The number of aromatic nitrogens is 2. The molecule has 0 unspecified atom stereocenters. The number of nitrogens with one attached hydrogen (secondary N) is 1. The van der Waals surface area contributed by atoms with Crippen LogP contribution in [0, 0.1) is 0 Å². The number of carbonyl (C=O) groups excluding carboxylic acids is 2. The molecular weight excluding hydrogens is 561 g/mol. The number of aromatic amines is 1. The molecule has 1 aromatic heterocycles. The van der Waals surface area contributed by atoms with Crippen LogP contribution in [-0.4, -0.2) is 78.0 Å². The number of ether oxygens (including phenoxy) is 5. The zero-order chi connectivity index (χ0) is 29.8. The molecule has 39 heavy (non-hydrogen) atoms. The van der Waals surface area contributed by atoms with Crippen LogP contribution >= 0.6 is 7.82 Å². The lowest BCUT2D eigenvalue weighted by Crippen LogP contribution is -2.45. The third-order valence-corrected chi connectivity index (χ3v) is 5.39. The number of aliphatic hydroxyl groups excluding tert-OH is 1. The molecule has 0 radical (unpaired) electrons. The van der Waals surface area contributed by atoms with E-state index in [0.717, 1.165) is 12.3 Å². The van der Waals surface area contributed by atoms with Crippen molar-refractivity contribution in [3.8, 4) is 0 Å². The molecule has 0 bridgehead atoms. The van der Waals surface area contributed by atoms with Crippen molar-refractivity contribution >= 4 is 20.1 Å². The summed E-state index contributed by atoms with van der Waals surface area (Å²) in [5, 5.41) is 9.58. The van der Waals surface area contributed by atoms with Gasteiger partial charge < -0.3 is 28.8 Å². The first-order valence-corrected chi connectivity index (χ1v) is 12.7. The number of rotatable bonds is 16. The normalized spacial score (nSPS) is 14.9. The number of hydrogen-bond donors (Lipinski definition) is 2. The third-order valence-electron chi connectivity index (χ3n) is 4.10. The fourth-order valence-electron chi connectivity index (χ4n) is 2.31. The molecule has 0 aliphatic rings. The number of halogens is 2. The Kier molecular flexibility index (Phi) is 13.7. The number of aliphatic hydroxyl groups is 1. The summed E-state index contributed by atoms with van der Waals surface area (Å²) >= 11 is 0. The molecule has 0 aromatic carbocycles. The van der Waals surface area contributed by atoms with Crippen LogP contribution in [0.15, 0.2) is 21.9 Å². The summed E-state index contributed by atoms with van der Waals surface area (Å²) in [6.07, 6.45) is -7.23. The van der Waals surface area contributed by atoms with Gasteiger partial charge >= 0.3 is 25.8 Å². The summed E-state index contributed by atoms with van der Waals surface area (Å²) < 4.78 is 80.9. The Labute approximate surface area is 220 Å². The Morgan fingerprint density at radius 1 is 1.03 bits per heavy atom. The van der Waals surface area contributed by atoms with E-state index in [4.69, 9.17) is 18.3 Å². The molecule has 0 fully saturated rings. The molecule has 1 heterocycles. The van der Waals surface area contributed by atoms with Crippen LogP contribution in [0.2, 0.25) is 0 Å². The van der Waals surface area contributed by atoms with Crippen LogP contribution in [0.1, 0.15) is 40.8 Å². The molecule has 1 rings (SSSR count). The van der Waals surface area contributed by atoms with E-state index in [1.165, 1.54) is 27.7 Å². The molecule has 2 N–H and O–H groups in total. The Balaban J connectivity index is 3.04. The van der Waals surface area contributed by atoms with Crippen LogP contribution in [0.4, 0.5) is 18.4 Å². The zero-order valence-corrected chi connectivity index (χ0v) is 22.6. The summed E-state index contributed by atoms with van der Waals surface area (Å²) in [5.74, 6) is -3.51. The van der Waals surface area contributed by atoms with Gasteiger partial charge in [-0.05, 0) is 34.6 Å². The zero-order valence-electron chi connectivity index (χ0n) is 21.7. The topological polar surface area (TPSA) is 200 Å². The second kappa shape index (κ2) is 15.6. The lowest BCUT2D eigenvalue weighted by atomic mass is 10.2. The number of phosphoric acid groups is 1. The average molecular weight is 592 g/mol. The van der Waals surface area contributed by atoms with Gasteiger partial charge in [-0.15, -0.1) is 0 Å². The minimum absolute atomic E-state index is 0.549. The van der Waals surface area contributed by atoms with Crippen molar-refractivity contribution < 1.29 is 65.3 Å². The van der Waals surface area contributed by atoms with E-state index in [1.807, 2.05) is 4.98 Å². The van der Waals surface area contributed by atoms with Crippen LogP contribution in [-0.2, 0) is 41.8 Å². The average Bonchev–Trinajstić information content (AvgIpc) is 2.80. The Morgan fingerprint density at radius 2 is 1.54 bits per heavy atom. The van der Waals surface area contributed by atoms with E-state index < -0.39 is 88.6 Å². The van der Waals surface area contributed by atoms with Crippen molar-refractivity contribution in [3.05, 3.63) is 33.1 Å². The molecule has 1 aromatic rings. The molecule has 16 nitrogen and oxygen atoms in total. The maximum Gasteiger partial charge on any atom is 0.510 e.